The van der Waals surface area contributed by atoms with Gasteiger partial charge >= 0.3 is 0 Å². The average molecular weight is 341 g/mol. The molecule has 3 heterocycles. The van der Waals surface area contributed by atoms with Gasteiger partial charge in [0.2, 0.25) is 0 Å². The highest BCUT2D eigenvalue weighted by atomic mass is 32.1. The molecular formula is C16H11N3O2S2. The van der Waals surface area contributed by atoms with E-state index in [0.29, 0.717) is 12.1 Å². The van der Waals surface area contributed by atoms with Gasteiger partial charge in [0.05, 0.1) is 18.3 Å². The lowest BCUT2D eigenvalue weighted by molar-refractivity contribution is 0.0948. The molecule has 0 fully saturated rings. The maximum Gasteiger partial charge on any atom is 0.251 e. The Bertz CT molecular complexity index is 957. The van der Waals surface area contributed by atoms with Crippen LogP contribution in [0.4, 0.5) is 0 Å². The Kier molecular flexibility index (Phi) is 3.64. The van der Waals surface area contributed by atoms with Gasteiger partial charge < -0.3 is 9.73 Å². The van der Waals surface area contributed by atoms with Crippen molar-refractivity contribution in [2.75, 3.05) is 0 Å². The number of hydrogen-bond acceptors (Lipinski definition) is 6. The van der Waals surface area contributed by atoms with Gasteiger partial charge in [0.1, 0.15) is 22.6 Å². The normalized spacial score (nSPS) is 11.0. The first-order valence-corrected chi connectivity index (χ1v) is 8.59. The second kappa shape index (κ2) is 5.94. The summed E-state index contributed by atoms with van der Waals surface area (Å²) in [5.74, 6) is 1.37. The number of fused-ring (bicyclic) bond motifs is 1. The molecular weight excluding hydrogens is 330 g/mol. The number of nitrogens with zero attached hydrogens (tertiary/aromatic N) is 2. The van der Waals surface area contributed by atoms with Crippen molar-refractivity contribution in [2.24, 2.45) is 0 Å². The lowest BCUT2D eigenvalue weighted by Crippen LogP contribution is -2.22. The molecule has 1 aromatic carbocycles. The first-order valence-electron chi connectivity index (χ1n) is 6.91. The van der Waals surface area contributed by atoms with E-state index in [1.165, 1.54) is 0 Å². The van der Waals surface area contributed by atoms with Gasteiger partial charge in [0.25, 0.3) is 5.91 Å². The smallest absolute Gasteiger partial charge is 0.251 e. The molecule has 3 aromatic heterocycles. The zero-order chi connectivity index (χ0) is 15.6. The van der Waals surface area contributed by atoms with Crippen molar-refractivity contribution >= 4 is 40.0 Å². The van der Waals surface area contributed by atoms with Gasteiger partial charge in [-0.25, -0.2) is 0 Å². The van der Waals surface area contributed by atoms with Crippen molar-refractivity contribution in [1.82, 2.24) is 14.1 Å². The molecule has 7 heteroatoms. The fraction of sp³-hybridized carbons (Fsp3) is 0.0625. The van der Waals surface area contributed by atoms with Gasteiger partial charge in [-0.15, -0.1) is 0 Å². The van der Waals surface area contributed by atoms with E-state index in [1.54, 1.807) is 29.5 Å². The molecule has 0 unspecified atom stereocenters. The third-order valence-electron chi connectivity index (χ3n) is 3.41. The molecule has 1 amide bonds. The Hall–Kier alpha value is -2.51. The number of aromatic nitrogens is 2. The molecule has 4 rings (SSSR count). The quantitative estimate of drug-likeness (QED) is 0.610. The summed E-state index contributed by atoms with van der Waals surface area (Å²) in [5.41, 5.74) is 3.15. The molecule has 0 saturated carbocycles. The van der Waals surface area contributed by atoms with E-state index in [1.807, 2.05) is 29.0 Å². The van der Waals surface area contributed by atoms with Crippen LogP contribution < -0.4 is 5.32 Å². The topological polar surface area (TPSA) is 68.0 Å². The van der Waals surface area contributed by atoms with E-state index in [2.05, 4.69) is 14.1 Å². The fourth-order valence-electron chi connectivity index (χ4n) is 2.23. The van der Waals surface area contributed by atoms with Crippen LogP contribution in [0.2, 0.25) is 0 Å². The minimum atomic E-state index is -0.159. The van der Waals surface area contributed by atoms with E-state index in [0.717, 1.165) is 39.8 Å². The fourth-order valence-corrected chi connectivity index (χ4v) is 3.39. The lowest BCUT2D eigenvalue weighted by Gasteiger charge is -2.03. The standard InChI is InChI=1S/C16H11N3O2S2/c20-16(10-1-3-13-14(7-10)19-23-18-13)17-8-12-2-4-15(21-12)11-5-6-22-9-11/h1-7,9H,8H2,(H,17,20). The summed E-state index contributed by atoms with van der Waals surface area (Å²) in [5, 5.41) is 6.88. The maximum atomic E-state index is 12.2. The summed E-state index contributed by atoms with van der Waals surface area (Å²) in [6, 6.07) is 11.1. The number of benzene rings is 1. The molecule has 0 aliphatic carbocycles. The van der Waals surface area contributed by atoms with Crippen molar-refractivity contribution in [3.63, 3.8) is 0 Å². The van der Waals surface area contributed by atoms with Crippen molar-refractivity contribution < 1.29 is 9.21 Å². The molecule has 0 aliphatic heterocycles. The van der Waals surface area contributed by atoms with Gasteiger partial charge in [-0.1, -0.05) is 0 Å². The lowest BCUT2D eigenvalue weighted by atomic mass is 10.2. The van der Waals surface area contributed by atoms with E-state index in [9.17, 15) is 4.79 Å². The van der Waals surface area contributed by atoms with Gasteiger partial charge in [0.15, 0.2) is 0 Å². The minimum Gasteiger partial charge on any atom is -0.459 e. The van der Waals surface area contributed by atoms with Crippen LogP contribution >= 0.6 is 23.1 Å². The van der Waals surface area contributed by atoms with E-state index in [4.69, 9.17) is 4.42 Å². The predicted molar refractivity (Wildman–Crippen MR) is 90.6 cm³/mol. The molecule has 0 aliphatic rings. The highest BCUT2D eigenvalue weighted by Gasteiger charge is 2.10. The SMILES string of the molecule is O=C(NCc1ccc(-c2ccsc2)o1)c1ccc2nsnc2c1. The Morgan fingerprint density at radius 3 is 2.91 bits per heavy atom. The number of rotatable bonds is 4. The van der Waals surface area contributed by atoms with Gasteiger partial charge in [-0.05, 0) is 41.8 Å². The van der Waals surface area contributed by atoms with Crippen LogP contribution in [-0.4, -0.2) is 14.7 Å². The molecule has 0 atom stereocenters. The average Bonchev–Trinajstić information content (AvgIpc) is 3.32. The maximum absolute atomic E-state index is 12.2. The summed E-state index contributed by atoms with van der Waals surface area (Å²) < 4.78 is 14.0. The summed E-state index contributed by atoms with van der Waals surface area (Å²) in [7, 11) is 0. The zero-order valence-corrected chi connectivity index (χ0v) is 13.5. The first-order chi connectivity index (χ1) is 11.3. The molecule has 0 spiro atoms. The van der Waals surface area contributed by atoms with Gasteiger partial charge in [-0.3, -0.25) is 4.79 Å². The molecule has 5 nitrogen and oxygen atoms in total. The van der Waals surface area contributed by atoms with Crippen LogP contribution in [0.1, 0.15) is 16.1 Å². The van der Waals surface area contributed by atoms with Crippen molar-refractivity contribution in [2.45, 2.75) is 6.54 Å². The van der Waals surface area contributed by atoms with Crippen LogP contribution in [0.15, 0.2) is 51.6 Å². The van der Waals surface area contributed by atoms with Crippen molar-refractivity contribution in [3.8, 4) is 11.3 Å². The predicted octanol–water partition coefficient (Wildman–Crippen LogP) is 3.94. The van der Waals surface area contributed by atoms with Crippen LogP contribution in [0.3, 0.4) is 0 Å². The summed E-state index contributed by atoms with van der Waals surface area (Å²) in [6.45, 7) is 0.344. The Morgan fingerprint density at radius 1 is 1.13 bits per heavy atom. The summed E-state index contributed by atoms with van der Waals surface area (Å²) in [4.78, 5) is 12.2. The number of carbonyl (C=O) groups excluding carboxylic acids is 1. The number of amides is 1. The second-order valence-electron chi connectivity index (χ2n) is 4.93. The summed E-state index contributed by atoms with van der Waals surface area (Å²) >= 11 is 2.76. The van der Waals surface area contributed by atoms with Crippen molar-refractivity contribution in [3.05, 3.63) is 58.5 Å². The number of thiophene rings is 1. The van der Waals surface area contributed by atoms with Crippen LogP contribution in [0.5, 0.6) is 0 Å². The molecule has 1 N–H and O–H groups in total. The third kappa shape index (κ3) is 2.88. The Morgan fingerprint density at radius 2 is 2.04 bits per heavy atom. The largest absolute Gasteiger partial charge is 0.459 e. The van der Waals surface area contributed by atoms with Crippen molar-refractivity contribution in [1.29, 1.82) is 0 Å². The number of furan rings is 1. The molecule has 23 heavy (non-hydrogen) atoms. The van der Waals surface area contributed by atoms with E-state index in [-0.39, 0.29) is 5.91 Å². The molecule has 114 valence electrons. The second-order valence-corrected chi connectivity index (χ2v) is 6.24. The zero-order valence-electron chi connectivity index (χ0n) is 11.9. The van der Waals surface area contributed by atoms with Crippen LogP contribution in [0, 0.1) is 0 Å². The van der Waals surface area contributed by atoms with Crippen LogP contribution in [0.25, 0.3) is 22.4 Å². The minimum absolute atomic E-state index is 0.159. The van der Waals surface area contributed by atoms with Crippen LogP contribution in [-0.2, 0) is 6.54 Å². The Balaban J connectivity index is 1.45. The monoisotopic (exact) mass is 341 g/mol. The van der Waals surface area contributed by atoms with E-state index >= 15 is 0 Å². The van der Waals surface area contributed by atoms with Gasteiger partial charge in [0, 0.05) is 16.5 Å². The molecule has 0 bridgehead atoms. The first kappa shape index (κ1) is 14.1. The highest BCUT2D eigenvalue weighted by Crippen LogP contribution is 2.24. The Labute approximate surface area is 139 Å². The van der Waals surface area contributed by atoms with Gasteiger partial charge in [-0.2, -0.15) is 20.1 Å². The summed E-state index contributed by atoms with van der Waals surface area (Å²) in [6.07, 6.45) is 0. The third-order valence-corrected chi connectivity index (χ3v) is 4.65. The highest BCUT2D eigenvalue weighted by molar-refractivity contribution is 7.08. The molecule has 4 aromatic rings. The molecule has 0 saturated heterocycles. The number of hydrogen-bond donors (Lipinski definition) is 1. The number of carbonyl (C=O) groups is 1. The number of nitrogens with one attached hydrogen (secondary N) is 1. The molecule has 0 radical (unpaired) electrons. The van der Waals surface area contributed by atoms with E-state index < -0.39 is 0 Å².